The Balaban J connectivity index is 2.27. The van der Waals surface area contributed by atoms with Crippen LogP contribution in [0.25, 0.3) is 0 Å². The zero-order chi connectivity index (χ0) is 11.5. The second kappa shape index (κ2) is 4.78. The van der Waals surface area contributed by atoms with E-state index in [9.17, 15) is 10.1 Å². The van der Waals surface area contributed by atoms with Gasteiger partial charge in [-0.05, 0) is 24.1 Å². The fourth-order valence-corrected chi connectivity index (χ4v) is 2.37. The van der Waals surface area contributed by atoms with Crippen molar-refractivity contribution in [3.8, 4) is 0 Å². The maximum Gasteiger partial charge on any atom is 0.223 e. The van der Waals surface area contributed by atoms with Crippen molar-refractivity contribution >= 4 is 15.9 Å². The van der Waals surface area contributed by atoms with Crippen LogP contribution in [0.5, 0.6) is 0 Å². The molecule has 0 bridgehead atoms. The van der Waals surface area contributed by atoms with Crippen LogP contribution in [-0.2, 0) is 0 Å². The van der Waals surface area contributed by atoms with Crippen molar-refractivity contribution in [2.75, 3.05) is 0 Å². The van der Waals surface area contributed by atoms with Crippen LogP contribution < -0.4 is 0 Å². The molecule has 0 N–H and O–H groups in total. The molecule has 1 aliphatic rings. The summed E-state index contributed by atoms with van der Waals surface area (Å²) in [5, 5.41) is 11.0. The number of hydrogen-bond acceptors (Lipinski definition) is 2. The molecule has 2 rings (SSSR count). The quantitative estimate of drug-likeness (QED) is 0.473. The Bertz CT molecular complexity index is 414. The van der Waals surface area contributed by atoms with Gasteiger partial charge < -0.3 is 0 Å². The van der Waals surface area contributed by atoms with Crippen molar-refractivity contribution in [3.63, 3.8) is 0 Å². The van der Waals surface area contributed by atoms with Crippen LogP contribution in [0.15, 0.2) is 40.9 Å². The molecule has 0 saturated heterocycles. The lowest BCUT2D eigenvalue weighted by atomic mass is 9.84. The second-order valence-corrected chi connectivity index (χ2v) is 4.87. The van der Waals surface area contributed by atoms with Gasteiger partial charge in [-0.15, -0.1) is 0 Å². The van der Waals surface area contributed by atoms with Gasteiger partial charge in [-0.3, -0.25) is 10.1 Å². The molecule has 1 aromatic carbocycles. The smallest absolute Gasteiger partial charge is 0.223 e. The molecule has 2 unspecified atom stereocenters. The Kier molecular flexibility index (Phi) is 3.39. The molecule has 0 spiro atoms. The average molecular weight is 282 g/mol. The average Bonchev–Trinajstić information content (AvgIpc) is 2.30. The van der Waals surface area contributed by atoms with E-state index in [1.165, 1.54) is 0 Å². The SMILES string of the molecule is O=[N+]([O-])C1CC=CCC1c1ccc(Br)cc1. The lowest BCUT2D eigenvalue weighted by molar-refractivity contribution is -0.526. The van der Waals surface area contributed by atoms with E-state index in [2.05, 4.69) is 15.9 Å². The van der Waals surface area contributed by atoms with Gasteiger partial charge in [0.15, 0.2) is 0 Å². The summed E-state index contributed by atoms with van der Waals surface area (Å²) in [6.07, 6.45) is 5.23. The number of nitrogens with zero attached hydrogens (tertiary/aromatic N) is 1. The second-order valence-electron chi connectivity index (χ2n) is 3.95. The molecule has 0 aromatic heterocycles. The molecular weight excluding hydrogens is 270 g/mol. The predicted octanol–water partition coefficient (Wildman–Crippen LogP) is 3.53. The number of allylic oxidation sites excluding steroid dienone is 1. The molecule has 0 saturated carbocycles. The van der Waals surface area contributed by atoms with Gasteiger partial charge in [0.05, 0.1) is 5.92 Å². The van der Waals surface area contributed by atoms with Crippen molar-refractivity contribution in [3.05, 3.63) is 56.6 Å². The van der Waals surface area contributed by atoms with E-state index in [0.717, 1.165) is 16.5 Å². The summed E-state index contributed by atoms with van der Waals surface area (Å²) in [7, 11) is 0. The van der Waals surface area contributed by atoms with E-state index in [0.29, 0.717) is 6.42 Å². The van der Waals surface area contributed by atoms with Gasteiger partial charge in [0.25, 0.3) is 0 Å². The lowest BCUT2D eigenvalue weighted by Crippen LogP contribution is -2.28. The van der Waals surface area contributed by atoms with Gasteiger partial charge in [0.1, 0.15) is 0 Å². The summed E-state index contributed by atoms with van der Waals surface area (Å²) in [5.41, 5.74) is 1.05. The Hall–Kier alpha value is -1.16. The Labute approximate surface area is 102 Å². The van der Waals surface area contributed by atoms with E-state index in [1.807, 2.05) is 36.4 Å². The highest BCUT2D eigenvalue weighted by Crippen LogP contribution is 2.31. The third-order valence-electron chi connectivity index (χ3n) is 2.97. The number of benzene rings is 1. The van der Waals surface area contributed by atoms with E-state index in [-0.39, 0.29) is 10.8 Å². The molecular formula is C12H12BrNO2. The fourth-order valence-electron chi connectivity index (χ4n) is 2.10. The topological polar surface area (TPSA) is 43.1 Å². The molecule has 0 heterocycles. The zero-order valence-electron chi connectivity index (χ0n) is 8.67. The van der Waals surface area contributed by atoms with Crippen LogP contribution in [0.2, 0.25) is 0 Å². The third-order valence-corrected chi connectivity index (χ3v) is 3.50. The van der Waals surface area contributed by atoms with E-state index < -0.39 is 6.04 Å². The summed E-state index contributed by atoms with van der Waals surface area (Å²) in [6.45, 7) is 0. The maximum absolute atomic E-state index is 11.0. The van der Waals surface area contributed by atoms with Gasteiger partial charge in [0.2, 0.25) is 6.04 Å². The van der Waals surface area contributed by atoms with Crippen molar-refractivity contribution in [2.45, 2.75) is 24.8 Å². The predicted molar refractivity (Wildman–Crippen MR) is 66.0 cm³/mol. The number of hydrogen-bond donors (Lipinski definition) is 0. The highest BCUT2D eigenvalue weighted by Gasteiger charge is 2.32. The van der Waals surface area contributed by atoms with Crippen LogP contribution in [0.1, 0.15) is 24.3 Å². The molecule has 4 heteroatoms. The van der Waals surface area contributed by atoms with Crippen LogP contribution >= 0.6 is 15.9 Å². The van der Waals surface area contributed by atoms with Crippen molar-refractivity contribution in [1.29, 1.82) is 0 Å². The van der Waals surface area contributed by atoms with Gasteiger partial charge in [-0.25, -0.2) is 0 Å². The number of halogens is 1. The standard InChI is InChI=1S/C12H12BrNO2/c13-10-7-5-9(6-8-10)11-3-1-2-4-12(11)14(15)16/h1-2,5-8,11-12H,3-4H2. The number of rotatable bonds is 2. The van der Waals surface area contributed by atoms with Crippen molar-refractivity contribution in [1.82, 2.24) is 0 Å². The van der Waals surface area contributed by atoms with Crippen LogP contribution in [-0.4, -0.2) is 11.0 Å². The van der Waals surface area contributed by atoms with E-state index in [4.69, 9.17) is 0 Å². The highest BCUT2D eigenvalue weighted by atomic mass is 79.9. The maximum atomic E-state index is 11.0. The molecule has 1 aliphatic carbocycles. The van der Waals surface area contributed by atoms with Gasteiger partial charge in [-0.2, -0.15) is 0 Å². The summed E-state index contributed by atoms with van der Waals surface area (Å²) < 4.78 is 1.00. The normalized spacial score (nSPS) is 24.3. The molecule has 1 aromatic rings. The fraction of sp³-hybridized carbons (Fsp3) is 0.333. The Morgan fingerprint density at radius 1 is 1.19 bits per heavy atom. The monoisotopic (exact) mass is 281 g/mol. The molecule has 0 fully saturated rings. The largest absolute Gasteiger partial charge is 0.264 e. The van der Waals surface area contributed by atoms with Crippen molar-refractivity contribution in [2.24, 2.45) is 0 Å². The minimum Gasteiger partial charge on any atom is -0.264 e. The first-order chi connectivity index (χ1) is 7.68. The minimum atomic E-state index is -0.480. The molecule has 16 heavy (non-hydrogen) atoms. The van der Waals surface area contributed by atoms with Gasteiger partial charge in [0, 0.05) is 15.8 Å². The lowest BCUT2D eigenvalue weighted by Gasteiger charge is -2.22. The molecule has 0 aliphatic heterocycles. The first-order valence-corrected chi connectivity index (χ1v) is 6.02. The molecule has 3 nitrogen and oxygen atoms in total. The van der Waals surface area contributed by atoms with Crippen LogP contribution in [0.3, 0.4) is 0 Å². The minimum absolute atomic E-state index is 0.00750. The summed E-state index contributed by atoms with van der Waals surface area (Å²) >= 11 is 3.37. The van der Waals surface area contributed by atoms with Crippen LogP contribution in [0, 0.1) is 10.1 Å². The molecule has 0 radical (unpaired) electrons. The third kappa shape index (κ3) is 2.32. The first-order valence-electron chi connectivity index (χ1n) is 5.22. The Morgan fingerprint density at radius 3 is 2.44 bits per heavy atom. The van der Waals surface area contributed by atoms with Crippen LogP contribution in [0.4, 0.5) is 0 Å². The number of nitro groups is 1. The Morgan fingerprint density at radius 2 is 1.81 bits per heavy atom. The molecule has 84 valence electrons. The van der Waals surface area contributed by atoms with E-state index >= 15 is 0 Å². The van der Waals surface area contributed by atoms with Gasteiger partial charge in [-0.1, -0.05) is 40.2 Å². The first kappa shape index (κ1) is 11.3. The highest BCUT2D eigenvalue weighted by molar-refractivity contribution is 9.10. The van der Waals surface area contributed by atoms with E-state index in [1.54, 1.807) is 0 Å². The molecule has 2 atom stereocenters. The summed E-state index contributed by atoms with van der Waals surface area (Å²) in [5.74, 6) is 0.00750. The summed E-state index contributed by atoms with van der Waals surface area (Å²) in [6, 6.07) is 7.32. The van der Waals surface area contributed by atoms with Gasteiger partial charge >= 0.3 is 0 Å². The summed E-state index contributed by atoms with van der Waals surface area (Å²) in [4.78, 5) is 10.8. The van der Waals surface area contributed by atoms with Crippen molar-refractivity contribution < 1.29 is 4.92 Å². The molecule has 0 amide bonds. The zero-order valence-corrected chi connectivity index (χ0v) is 10.3.